The maximum Gasteiger partial charge on any atom is 0.237 e. The molecule has 2 aromatic carbocycles. The first-order chi connectivity index (χ1) is 15.7. The number of hydrogen-bond acceptors (Lipinski definition) is 6. The van der Waals surface area contributed by atoms with Gasteiger partial charge < -0.3 is 14.7 Å². The minimum Gasteiger partial charge on any atom is -0.366 e. The highest BCUT2D eigenvalue weighted by Gasteiger charge is 2.24. The summed E-state index contributed by atoms with van der Waals surface area (Å²) < 4.78 is 14.1. The second kappa shape index (κ2) is 9.16. The number of halogens is 1. The first-order valence-corrected chi connectivity index (χ1v) is 11.7. The highest BCUT2D eigenvalue weighted by Crippen LogP contribution is 2.29. The van der Waals surface area contributed by atoms with E-state index >= 15 is 0 Å². The predicted molar refractivity (Wildman–Crippen MR) is 126 cm³/mol. The number of amides is 1. The molecule has 0 atom stereocenters. The molecule has 164 valence electrons. The molecule has 0 bridgehead atoms. The van der Waals surface area contributed by atoms with Gasteiger partial charge in [-0.2, -0.15) is 0 Å². The van der Waals surface area contributed by atoms with Gasteiger partial charge in [-0.25, -0.2) is 14.4 Å². The van der Waals surface area contributed by atoms with Crippen LogP contribution in [0.4, 0.5) is 21.6 Å². The Morgan fingerprint density at radius 1 is 0.906 bits per heavy atom. The minimum absolute atomic E-state index is 0.0959. The molecule has 8 heteroatoms. The maximum absolute atomic E-state index is 14.1. The van der Waals surface area contributed by atoms with Crippen molar-refractivity contribution in [2.24, 2.45) is 0 Å². The van der Waals surface area contributed by atoms with E-state index in [0.29, 0.717) is 11.4 Å². The molecule has 1 fully saturated rings. The van der Waals surface area contributed by atoms with Crippen LogP contribution < -0.4 is 14.7 Å². The average molecular weight is 450 g/mol. The molecule has 0 radical (unpaired) electrons. The van der Waals surface area contributed by atoms with Gasteiger partial charge in [0.1, 0.15) is 23.0 Å². The van der Waals surface area contributed by atoms with Gasteiger partial charge in [0, 0.05) is 44.5 Å². The third-order valence-electron chi connectivity index (χ3n) is 5.96. The zero-order chi connectivity index (χ0) is 21.9. The fourth-order valence-corrected chi connectivity index (χ4v) is 5.01. The van der Waals surface area contributed by atoms with Gasteiger partial charge in [0.15, 0.2) is 0 Å². The molecule has 1 saturated heterocycles. The quantitative estimate of drug-likeness (QED) is 0.438. The number of carbonyl (C=O) groups excluding carboxylic acids is 1. The zero-order valence-corrected chi connectivity index (χ0v) is 18.5. The Hall–Kier alpha value is -3.13. The number of fused-ring (bicyclic) bond motifs is 1. The number of hydrogen-bond donors (Lipinski definition) is 0. The largest absolute Gasteiger partial charge is 0.366 e. The first-order valence-electron chi connectivity index (χ1n) is 10.8. The van der Waals surface area contributed by atoms with Crippen molar-refractivity contribution >= 4 is 34.9 Å². The van der Waals surface area contributed by atoms with Gasteiger partial charge in [-0.15, -0.1) is 0 Å². The van der Waals surface area contributed by atoms with Gasteiger partial charge in [-0.05, 0) is 30.2 Å². The topological polar surface area (TPSA) is 52.6 Å². The summed E-state index contributed by atoms with van der Waals surface area (Å²) in [4.78, 5) is 27.7. The number of anilines is 3. The highest BCUT2D eigenvalue weighted by atomic mass is 32.2. The summed E-state index contributed by atoms with van der Waals surface area (Å²) in [5.74, 6) is 1.09. The molecule has 2 aliphatic rings. The second-order valence-electron chi connectivity index (χ2n) is 7.85. The molecule has 0 spiro atoms. The Balaban J connectivity index is 1.19. The molecule has 0 N–H and O–H groups in total. The van der Waals surface area contributed by atoms with E-state index in [9.17, 15) is 9.18 Å². The van der Waals surface area contributed by atoms with Crippen LogP contribution in [-0.4, -0.2) is 54.4 Å². The molecule has 1 amide bonds. The van der Waals surface area contributed by atoms with Crippen molar-refractivity contribution in [3.8, 4) is 0 Å². The number of thioether (sulfide) groups is 1. The van der Waals surface area contributed by atoms with Gasteiger partial charge in [-0.3, -0.25) is 4.79 Å². The maximum atomic E-state index is 14.1. The van der Waals surface area contributed by atoms with Crippen molar-refractivity contribution in [2.45, 2.75) is 11.4 Å². The lowest BCUT2D eigenvalue weighted by Crippen LogP contribution is -2.47. The minimum atomic E-state index is -0.188. The third-order valence-corrected chi connectivity index (χ3v) is 6.87. The molecular formula is C24H24FN5OS. The normalized spacial score (nSPS) is 15.7. The zero-order valence-electron chi connectivity index (χ0n) is 17.7. The summed E-state index contributed by atoms with van der Waals surface area (Å²) in [5, 5.41) is 0.785. The van der Waals surface area contributed by atoms with Crippen LogP contribution in [0.3, 0.4) is 0 Å². The van der Waals surface area contributed by atoms with E-state index in [-0.39, 0.29) is 11.7 Å². The van der Waals surface area contributed by atoms with Crippen LogP contribution in [0.2, 0.25) is 0 Å². The molecule has 6 nitrogen and oxygen atoms in total. The number of benzene rings is 2. The van der Waals surface area contributed by atoms with E-state index in [1.807, 2.05) is 41.3 Å². The lowest BCUT2D eigenvalue weighted by Gasteiger charge is -2.36. The molecular weight excluding hydrogens is 425 g/mol. The number of para-hydroxylation sites is 2. The van der Waals surface area contributed by atoms with Crippen LogP contribution in [0.5, 0.6) is 0 Å². The number of rotatable bonds is 5. The van der Waals surface area contributed by atoms with E-state index in [0.717, 1.165) is 55.7 Å². The molecule has 2 aliphatic heterocycles. The standard InChI is InChI=1S/C24H24FN5OS/c25-19-6-2-4-8-21(19)28-11-13-29(14-12-28)22-15-23(27-17-26-22)32-16-24(31)30-10-9-18-5-1-3-7-20(18)30/h1-8,15,17H,9-14,16H2. The monoisotopic (exact) mass is 449 g/mol. The molecule has 0 unspecified atom stereocenters. The SMILES string of the molecule is O=C(CSc1cc(N2CCN(c3ccccc3F)CC2)ncn1)N1CCc2ccccc21. The fourth-order valence-electron chi connectivity index (χ4n) is 4.28. The third kappa shape index (κ3) is 4.27. The van der Waals surface area contributed by atoms with Gasteiger partial charge in [-0.1, -0.05) is 42.1 Å². The van der Waals surface area contributed by atoms with Crippen molar-refractivity contribution in [1.29, 1.82) is 0 Å². The molecule has 0 saturated carbocycles. The van der Waals surface area contributed by atoms with Gasteiger partial charge in [0.25, 0.3) is 0 Å². The molecule has 3 heterocycles. The number of aromatic nitrogens is 2. The Bertz CT molecular complexity index is 1120. The summed E-state index contributed by atoms with van der Waals surface area (Å²) >= 11 is 1.44. The van der Waals surface area contributed by atoms with Crippen LogP contribution in [-0.2, 0) is 11.2 Å². The highest BCUT2D eigenvalue weighted by molar-refractivity contribution is 7.99. The van der Waals surface area contributed by atoms with Crippen LogP contribution in [0, 0.1) is 5.82 Å². The first kappa shape index (κ1) is 20.8. The fraction of sp³-hybridized carbons (Fsp3) is 0.292. The summed E-state index contributed by atoms with van der Waals surface area (Å²) in [6.07, 6.45) is 2.46. The van der Waals surface area contributed by atoms with Gasteiger partial charge >= 0.3 is 0 Å². The van der Waals surface area contributed by atoms with E-state index in [1.165, 1.54) is 23.4 Å². The Morgan fingerprint density at radius 2 is 1.62 bits per heavy atom. The predicted octanol–water partition coefficient (Wildman–Crippen LogP) is 3.62. The van der Waals surface area contributed by atoms with Crippen LogP contribution >= 0.6 is 11.8 Å². The van der Waals surface area contributed by atoms with E-state index in [2.05, 4.69) is 25.8 Å². The number of nitrogens with zero attached hydrogens (tertiary/aromatic N) is 5. The summed E-state index contributed by atoms with van der Waals surface area (Å²) in [6, 6.07) is 16.9. The summed E-state index contributed by atoms with van der Waals surface area (Å²) in [7, 11) is 0. The second-order valence-corrected chi connectivity index (χ2v) is 8.85. The van der Waals surface area contributed by atoms with Crippen molar-refractivity contribution < 1.29 is 9.18 Å². The van der Waals surface area contributed by atoms with Gasteiger partial charge in [0.05, 0.1) is 11.4 Å². The molecule has 0 aliphatic carbocycles. The Kier molecular flexibility index (Phi) is 5.94. The molecule has 1 aromatic heterocycles. The van der Waals surface area contributed by atoms with Crippen molar-refractivity contribution in [3.63, 3.8) is 0 Å². The number of carbonyl (C=O) groups is 1. The average Bonchev–Trinajstić information content (AvgIpc) is 3.28. The summed E-state index contributed by atoms with van der Waals surface area (Å²) in [6.45, 7) is 3.68. The molecule has 32 heavy (non-hydrogen) atoms. The number of piperazine rings is 1. The lowest BCUT2D eigenvalue weighted by molar-refractivity contribution is -0.116. The summed E-state index contributed by atoms with van der Waals surface area (Å²) in [5.41, 5.74) is 2.90. The Morgan fingerprint density at radius 3 is 2.44 bits per heavy atom. The van der Waals surface area contributed by atoms with E-state index in [4.69, 9.17) is 0 Å². The van der Waals surface area contributed by atoms with Crippen LogP contribution in [0.25, 0.3) is 0 Å². The lowest BCUT2D eigenvalue weighted by atomic mass is 10.2. The molecule has 5 rings (SSSR count). The van der Waals surface area contributed by atoms with Crippen molar-refractivity contribution in [1.82, 2.24) is 9.97 Å². The molecule has 3 aromatic rings. The smallest absolute Gasteiger partial charge is 0.237 e. The van der Waals surface area contributed by atoms with Crippen molar-refractivity contribution in [3.05, 3.63) is 72.3 Å². The van der Waals surface area contributed by atoms with Crippen molar-refractivity contribution in [2.75, 3.05) is 53.2 Å². The van der Waals surface area contributed by atoms with Gasteiger partial charge in [0.2, 0.25) is 5.91 Å². The van der Waals surface area contributed by atoms with E-state index < -0.39 is 0 Å². The van der Waals surface area contributed by atoms with Crippen LogP contribution in [0.15, 0.2) is 66.0 Å². The Labute approximate surface area is 191 Å². The van der Waals surface area contributed by atoms with E-state index in [1.54, 1.807) is 12.4 Å². The van der Waals surface area contributed by atoms with Crippen LogP contribution in [0.1, 0.15) is 5.56 Å².